The standard InChI is InChI=1S/C21H15F3O3/c22-21(23,24)17-4-2-6-20(12-17)27-19-5-1-3-16(11-19)14-26-18-9-7-15(13-25)8-10-18/h1-13H,14H2. The van der Waals surface area contributed by atoms with E-state index in [-0.39, 0.29) is 12.4 Å². The van der Waals surface area contributed by atoms with Crippen molar-refractivity contribution in [2.24, 2.45) is 0 Å². The van der Waals surface area contributed by atoms with Crippen molar-refractivity contribution in [2.75, 3.05) is 0 Å². The van der Waals surface area contributed by atoms with Gasteiger partial charge in [0, 0.05) is 5.56 Å². The molecule has 0 amide bonds. The Morgan fingerprint density at radius 1 is 0.815 bits per heavy atom. The summed E-state index contributed by atoms with van der Waals surface area (Å²) in [6.07, 6.45) is -3.67. The molecule has 3 nitrogen and oxygen atoms in total. The summed E-state index contributed by atoms with van der Waals surface area (Å²) in [4.78, 5) is 10.6. The molecule has 138 valence electrons. The van der Waals surface area contributed by atoms with E-state index in [4.69, 9.17) is 9.47 Å². The van der Waals surface area contributed by atoms with Gasteiger partial charge >= 0.3 is 6.18 Å². The van der Waals surface area contributed by atoms with Crippen molar-refractivity contribution < 1.29 is 27.4 Å². The lowest BCUT2D eigenvalue weighted by molar-refractivity contribution is -0.137. The summed E-state index contributed by atoms with van der Waals surface area (Å²) in [6, 6.07) is 18.3. The highest BCUT2D eigenvalue weighted by Gasteiger charge is 2.30. The lowest BCUT2D eigenvalue weighted by Gasteiger charge is -2.11. The van der Waals surface area contributed by atoms with Gasteiger partial charge in [-0.05, 0) is 60.2 Å². The predicted molar refractivity (Wildman–Crippen MR) is 94.1 cm³/mol. The number of aldehydes is 1. The topological polar surface area (TPSA) is 35.5 Å². The highest BCUT2D eigenvalue weighted by molar-refractivity contribution is 5.74. The Kier molecular flexibility index (Phi) is 5.45. The molecule has 0 radical (unpaired) electrons. The van der Waals surface area contributed by atoms with Crippen LogP contribution < -0.4 is 9.47 Å². The smallest absolute Gasteiger partial charge is 0.416 e. The molecule has 0 saturated carbocycles. The van der Waals surface area contributed by atoms with E-state index in [9.17, 15) is 18.0 Å². The number of halogens is 3. The number of benzene rings is 3. The van der Waals surface area contributed by atoms with E-state index >= 15 is 0 Å². The molecule has 0 fully saturated rings. The molecular formula is C21H15F3O3. The molecule has 3 rings (SSSR count). The molecule has 0 aliphatic carbocycles. The second-order valence-electron chi connectivity index (χ2n) is 5.75. The van der Waals surface area contributed by atoms with Crippen LogP contribution in [0.2, 0.25) is 0 Å². The lowest BCUT2D eigenvalue weighted by Crippen LogP contribution is -2.04. The largest absolute Gasteiger partial charge is 0.489 e. The third-order valence-corrected chi connectivity index (χ3v) is 3.72. The van der Waals surface area contributed by atoms with E-state index in [1.165, 1.54) is 12.1 Å². The number of carbonyl (C=O) groups excluding carboxylic acids is 1. The second-order valence-corrected chi connectivity index (χ2v) is 5.75. The van der Waals surface area contributed by atoms with Gasteiger partial charge in [0.2, 0.25) is 0 Å². The van der Waals surface area contributed by atoms with E-state index in [2.05, 4.69) is 0 Å². The average molecular weight is 372 g/mol. The molecule has 0 aromatic heterocycles. The zero-order valence-corrected chi connectivity index (χ0v) is 14.1. The third-order valence-electron chi connectivity index (χ3n) is 3.72. The zero-order valence-electron chi connectivity index (χ0n) is 14.1. The number of alkyl halides is 3. The molecule has 0 spiro atoms. The molecule has 0 bridgehead atoms. The molecule has 0 aliphatic heterocycles. The van der Waals surface area contributed by atoms with Gasteiger partial charge in [0.05, 0.1) is 5.56 Å². The Labute approximate surface area is 154 Å². The van der Waals surface area contributed by atoms with E-state index in [1.54, 1.807) is 42.5 Å². The summed E-state index contributed by atoms with van der Waals surface area (Å²) in [5.74, 6) is 1.11. The highest BCUT2D eigenvalue weighted by Crippen LogP contribution is 2.32. The van der Waals surface area contributed by atoms with Crippen molar-refractivity contribution in [1.29, 1.82) is 0 Å². The zero-order chi connectivity index (χ0) is 19.3. The highest BCUT2D eigenvalue weighted by atomic mass is 19.4. The van der Waals surface area contributed by atoms with Crippen LogP contribution in [0.3, 0.4) is 0 Å². The summed E-state index contributed by atoms with van der Waals surface area (Å²) >= 11 is 0. The number of rotatable bonds is 6. The fourth-order valence-corrected chi connectivity index (χ4v) is 2.38. The SMILES string of the molecule is O=Cc1ccc(OCc2cccc(Oc3cccc(C(F)(F)F)c3)c2)cc1. The fraction of sp³-hybridized carbons (Fsp3) is 0.0952. The van der Waals surface area contributed by atoms with Gasteiger partial charge in [0.1, 0.15) is 30.1 Å². The minimum atomic E-state index is -4.42. The maximum Gasteiger partial charge on any atom is 0.416 e. The van der Waals surface area contributed by atoms with E-state index < -0.39 is 11.7 Å². The van der Waals surface area contributed by atoms with Gasteiger partial charge in [-0.2, -0.15) is 13.2 Å². The maximum atomic E-state index is 12.8. The Morgan fingerprint density at radius 2 is 1.48 bits per heavy atom. The summed E-state index contributed by atoms with van der Waals surface area (Å²) in [5, 5.41) is 0. The molecule has 0 aliphatic rings. The maximum absolute atomic E-state index is 12.8. The van der Waals surface area contributed by atoms with Gasteiger partial charge in [-0.25, -0.2) is 0 Å². The van der Waals surface area contributed by atoms with Crippen LogP contribution in [0.15, 0.2) is 72.8 Å². The predicted octanol–water partition coefficient (Wildman–Crippen LogP) is 5.89. The Balaban J connectivity index is 1.67. The number of hydrogen-bond donors (Lipinski definition) is 0. The summed E-state index contributed by atoms with van der Waals surface area (Å²) < 4.78 is 49.5. The van der Waals surface area contributed by atoms with Gasteiger partial charge in [-0.15, -0.1) is 0 Å². The summed E-state index contributed by atoms with van der Waals surface area (Å²) in [5.41, 5.74) is 0.580. The first kappa shape index (κ1) is 18.5. The molecular weight excluding hydrogens is 357 g/mol. The van der Waals surface area contributed by atoms with Crippen LogP contribution in [-0.2, 0) is 12.8 Å². The van der Waals surface area contributed by atoms with Crippen molar-refractivity contribution in [2.45, 2.75) is 12.8 Å². The lowest BCUT2D eigenvalue weighted by atomic mass is 10.2. The van der Waals surface area contributed by atoms with Crippen LogP contribution in [-0.4, -0.2) is 6.29 Å². The molecule has 0 N–H and O–H groups in total. The first-order valence-electron chi connectivity index (χ1n) is 8.06. The second kappa shape index (κ2) is 7.95. The van der Waals surface area contributed by atoms with Crippen LogP contribution in [0.25, 0.3) is 0 Å². The molecule has 3 aromatic carbocycles. The molecule has 0 unspecified atom stereocenters. The monoisotopic (exact) mass is 372 g/mol. The van der Waals surface area contributed by atoms with Gasteiger partial charge in [0.15, 0.2) is 0 Å². The fourth-order valence-electron chi connectivity index (χ4n) is 2.38. The first-order chi connectivity index (χ1) is 12.9. The minimum absolute atomic E-state index is 0.104. The Hall–Kier alpha value is -3.28. The molecule has 27 heavy (non-hydrogen) atoms. The Morgan fingerprint density at radius 3 is 2.15 bits per heavy atom. The van der Waals surface area contributed by atoms with Crippen molar-refractivity contribution in [1.82, 2.24) is 0 Å². The van der Waals surface area contributed by atoms with Crippen LogP contribution >= 0.6 is 0 Å². The summed E-state index contributed by atoms with van der Waals surface area (Å²) in [7, 11) is 0. The van der Waals surface area contributed by atoms with Crippen molar-refractivity contribution in [3.8, 4) is 17.2 Å². The van der Waals surface area contributed by atoms with Gasteiger partial charge in [-0.1, -0.05) is 18.2 Å². The van der Waals surface area contributed by atoms with Crippen LogP contribution in [0.5, 0.6) is 17.2 Å². The molecule has 0 saturated heterocycles. The van der Waals surface area contributed by atoms with Crippen LogP contribution in [0.4, 0.5) is 13.2 Å². The molecule has 0 atom stereocenters. The molecule has 3 aromatic rings. The van der Waals surface area contributed by atoms with E-state index in [1.807, 2.05) is 6.07 Å². The average Bonchev–Trinajstić information content (AvgIpc) is 2.67. The number of hydrogen-bond acceptors (Lipinski definition) is 3. The van der Waals surface area contributed by atoms with Gasteiger partial charge in [0.25, 0.3) is 0 Å². The quantitative estimate of drug-likeness (QED) is 0.506. The van der Waals surface area contributed by atoms with Gasteiger partial charge < -0.3 is 9.47 Å². The van der Waals surface area contributed by atoms with Crippen LogP contribution in [0, 0.1) is 0 Å². The van der Waals surface area contributed by atoms with E-state index in [0.29, 0.717) is 17.1 Å². The Bertz CT molecular complexity index is 918. The van der Waals surface area contributed by atoms with E-state index in [0.717, 1.165) is 24.0 Å². The molecule has 0 heterocycles. The third kappa shape index (κ3) is 5.10. The number of carbonyl (C=O) groups is 1. The number of ether oxygens (including phenoxy) is 2. The molecule has 6 heteroatoms. The van der Waals surface area contributed by atoms with Crippen molar-refractivity contribution in [3.05, 3.63) is 89.5 Å². The normalized spacial score (nSPS) is 11.1. The van der Waals surface area contributed by atoms with Gasteiger partial charge in [-0.3, -0.25) is 4.79 Å². The first-order valence-corrected chi connectivity index (χ1v) is 8.06. The van der Waals surface area contributed by atoms with Crippen molar-refractivity contribution in [3.63, 3.8) is 0 Å². The van der Waals surface area contributed by atoms with Crippen LogP contribution in [0.1, 0.15) is 21.5 Å². The minimum Gasteiger partial charge on any atom is -0.489 e. The van der Waals surface area contributed by atoms with Crippen molar-refractivity contribution >= 4 is 6.29 Å². The summed E-state index contributed by atoms with van der Waals surface area (Å²) in [6.45, 7) is 0.250.